The minimum Gasteiger partial charge on any atom is -0.388 e. The number of carbonyl (C=O) groups excluding carboxylic acids is 1. The summed E-state index contributed by atoms with van der Waals surface area (Å²) in [4.78, 5) is 18.3. The molecule has 1 amide bonds. The fraction of sp³-hybridized carbons (Fsp3) is 0.875. The van der Waals surface area contributed by atoms with Crippen LogP contribution in [0.2, 0.25) is 0 Å². The molecule has 0 aromatic carbocycles. The van der Waals surface area contributed by atoms with Crippen molar-refractivity contribution in [3.05, 3.63) is 0 Å². The van der Waals surface area contributed by atoms with E-state index in [2.05, 4.69) is 15.6 Å². The Bertz CT molecular complexity index is 377. The van der Waals surface area contributed by atoms with Crippen LogP contribution in [0.5, 0.6) is 0 Å². The number of aliphatic imine (C=N–C) groups is 1. The van der Waals surface area contributed by atoms with E-state index in [4.69, 9.17) is 0 Å². The van der Waals surface area contributed by atoms with E-state index in [-0.39, 0.29) is 42.0 Å². The maximum absolute atomic E-state index is 12.0. The molecule has 0 saturated heterocycles. The molecule has 0 aliphatic rings. The Morgan fingerprint density at radius 3 is 2.09 bits per heavy atom. The Morgan fingerprint density at radius 2 is 1.70 bits per heavy atom. The predicted molar refractivity (Wildman–Crippen MR) is 107 cm³/mol. The molecule has 23 heavy (non-hydrogen) atoms. The topological polar surface area (TPSA) is 77.0 Å². The van der Waals surface area contributed by atoms with Crippen molar-refractivity contribution >= 4 is 35.8 Å². The molecule has 0 unspecified atom stereocenters. The number of rotatable bonds is 7. The van der Waals surface area contributed by atoms with E-state index < -0.39 is 5.60 Å². The molecule has 0 radical (unpaired) electrons. The van der Waals surface area contributed by atoms with Crippen LogP contribution in [0.3, 0.4) is 0 Å². The second-order valence-electron chi connectivity index (χ2n) is 6.76. The van der Waals surface area contributed by atoms with Crippen molar-refractivity contribution < 1.29 is 9.90 Å². The SMILES string of the molecule is CCNC(=NCC(O)(CC)CC)N(C)CC(=O)NC(C)(C)C.I. The van der Waals surface area contributed by atoms with Crippen molar-refractivity contribution in [1.82, 2.24) is 15.5 Å². The highest BCUT2D eigenvalue weighted by Gasteiger charge is 2.22. The van der Waals surface area contributed by atoms with Gasteiger partial charge in [-0.05, 0) is 40.5 Å². The Kier molecular flexibility index (Phi) is 11.9. The van der Waals surface area contributed by atoms with Gasteiger partial charge in [-0.2, -0.15) is 0 Å². The molecule has 0 aromatic rings. The second kappa shape index (κ2) is 11.1. The summed E-state index contributed by atoms with van der Waals surface area (Å²) >= 11 is 0. The predicted octanol–water partition coefficient (Wildman–Crippen LogP) is 1.97. The average molecular weight is 442 g/mol. The molecule has 7 heteroatoms. The monoisotopic (exact) mass is 442 g/mol. The standard InChI is InChI=1S/C16H34N4O2.HI/c1-8-16(22,9-2)12-18-14(17-10-3)20(7)11-13(21)19-15(4,5)6;/h22H,8-12H2,1-7H3,(H,17,18)(H,19,21);1H. The van der Waals surface area contributed by atoms with Gasteiger partial charge in [0.05, 0.1) is 18.7 Å². The number of likely N-dealkylation sites (N-methyl/N-ethyl adjacent to an activating group) is 1. The van der Waals surface area contributed by atoms with E-state index in [0.29, 0.717) is 31.9 Å². The van der Waals surface area contributed by atoms with E-state index in [9.17, 15) is 9.90 Å². The Morgan fingerprint density at radius 1 is 1.17 bits per heavy atom. The van der Waals surface area contributed by atoms with E-state index in [0.717, 1.165) is 0 Å². The third-order valence-electron chi connectivity index (χ3n) is 3.43. The smallest absolute Gasteiger partial charge is 0.240 e. The molecule has 0 atom stereocenters. The van der Waals surface area contributed by atoms with E-state index in [1.165, 1.54) is 0 Å². The summed E-state index contributed by atoms with van der Waals surface area (Å²) in [5, 5.41) is 16.4. The van der Waals surface area contributed by atoms with Crippen LogP contribution in [0.25, 0.3) is 0 Å². The summed E-state index contributed by atoms with van der Waals surface area (Å²) in [5.74, 6) is 0.578. The van der Waals surface area contributed by atoms with Gasteiger partial charge in [-0.3, -0.25) is 9.79 Å². The molecule has 0 aromatic heterocycles. The van der Waals surface area contributed by atoms with Gasteiger partial charge in [0.15, 0.2) is 5.96 Å². The van der Waals surface area contributed by atoms with Gasteiger partial charge >= 0.3 is 0 Å². The molecule has 0 bridgehead atoms. The molecule has 0 saturated carbocycles. The molecule has 0 aliphatic carbocycles. The van der Waals surface area contributed by atoms with E-state index in [1.54, 1.807) is 4.90 Å². The van der Waals surface area contributed by atoms with E-state index >= 15 is 0 Å². The number of nitrogens with one attached hydrogen (secondary N) is 2. The first-order valence-electron chi connectivity index (χ1n) is 8.09. The Balaban J connectivity index is 0. The molecule has 0 rings (SSSR count). The number of amides is 1. The number of carbonyl (C=O) groups is 1. The van der Waals surface area contributed by atoms with Crippen molar-refractivity contribution in [3.63, 3.8) is 0 Å². The van der Waals surface area contributed by atoms with Gasteiger partial charge in [0.1, 0.15) is 0 Å². The Labute approximate surface area is 158 Å². The van der Waals surface area contributed by atoms with Crippen LogP contribution >= 0.6 is 24.0 Å². The first kappa shape index (κ1) is 24.7. The van der Waals surface area contributed by atoms with Crippen molar-refractivity contribution in [2.24, 2.45) is 4.99 Å². The molecule has 0 spiro atoms. The summed E-state index contributed by atoms with van der Waals surface area (Å²) in [5.41, 5.74) is -1.03. The zero-order chi connectivity index (χ0) is 17.4. The number of hydrogen-bond acceptors (Lipinski definition) is 3. The van der Waals surface area contributed by atoms with Gasteiger partial charge in [0.2, 0.25) is 5.91 Å². The third-order valence-corrected chi connectivity index (χ3v) is 3.43. The Hall–Kier alpha value is -0.570. The maximum atomic E-state index is 12.0. The number of nitrogens with zero attached hydrogens (tertiary/aromatic N) is 2. The van der Waals surface area contributed by atoms with Crippen LogP contribution in [0.1, 0.15) is 54.4 Å². The van der Waals surface area contributed by atoms with Crippen LogP contribution < -0.4 is 10.6 Å². The zero-order valence-electron chi connectivity index (χ0n) is 15.7. The lowest BCUT2D eigenvalue weighted by Crippen LogP contribution is -2.49. The summed E-state index contributed by atoms with van der Waals surface area (Å²) < 4.78 is 0. The minimum atomic E-state index is -0.783. The second-order valence-corrected chi connectivity index (χ2v) is 6.76. The van der Waals surface area contributed by atoms with Crippen LogP contribution in [0.15, 0.2) is 4.99 Å². The fourth-order valence-corrected chi connectivity index (χ4v) is 1.91. The number of aliphatic hydroxyl groups is 1. The molecule has 6 nitrogen and oxygen atoms in total. The first-order valence-corrected chi connectivity index (χ1v) is 8.09. The molecule has 0 heterocycles. The summed E-state index contributed by atoms with van der Waals surface area (Å²) in [6.45, 7) is 13.0. The third kappa shape index (κ3) is 10.8. The van der Waals surface area contributed by atoms with Crippen LogP contribution in [0, 0.1) is 0 Å². The van der Waals surface area contributed by atoms with Crippen molar-refractivity contribution in [2.75, 3.05) is 26.7 Å². The first-order chi connectivity index (χ1) is 10.1. The lowest BCUT2D eigenvalue weighted by molar-refractivity contribution is -0.122. The van der Waals surface area contributed by atoms with Gasteiger partial charge in [-0.15, -0.1) is 24.0 Å². The number of hydrogen-bond donors (Lipinski definition) is 3. The number of halogens is 1. The minimum absolute atomic E-state index is 0. The normalized spacial score (nSPS) is 12.4. The largest absolute Gasteiger partial charge is 0.388 e. The highest BCUT2D eigenvalue weighted by atomic mass is 127. The van der Waals surface area contributed by atoms with Gasteiger partial charge in [0.25, 0.3) is 0 Å². The summed E-state index contributed by atoms with van der Waals surface area (Å²) in [6, 6.07) is 0. The maximum Gasteiger partial charge on any atom is 0.240 e. The van der Waals surface area contributed by atoms with Crippen LogP contribution in [-0.2, 0) is 4.79 Å². The fourth-order valence-electron chi connectivity index (χ4n) is 1.91. The lowest BCUT2D eigenvalue weighted by atomic mass is 9.98. The van der Waals surface area contributed by atoms with Crippen molar-refractivity contribution in [3.8, 4) is 0 Å². The molecular weight excluding hydrogens is 407 g/mol. The van der Waals surface area contributed by atoms with Gasteiger partial charge in [0, 0.05) is 19.1 Å². The van der Waals surface area contributed by atoms with Crippen molar-refractivity contribution in [2.45, 2.75) is 65.5 Å². The zero-order valence-corrected chi connectivity index (χ0v) is 18.0. The van der Waals surface area contributed by atoms with Crippen molar-refractivity contribution in [1.29, 1.82) is 0 Å². The number of guanidine groups is 1. The highest BCUT2D eigenvalue weighted by molar-refractivity contribution is 14.0. The highest BCUT2D eigenvalue weighted by Crippen LogP contribution is 2.14. The average Bonchev–Trinajstić information content (AvgIpc) is 2.40. The van der Waals surface area contributed by atoms with Crippen LogP contribution in [0.4, 0.5) is 0 Å². The summed E-state index contributed by atoms with van der Waals surface area (Å²) in [7, 11) is 1.82. The van der Waals surface area contributed by atoms with Crippen LogP contribution in [-0.4, -0.2) is 59.7 Å². The molecule has 0 aliphatic heterocycles. The van der Waals surface area contributed by atoms with Gasteiger partial charge in [-0.25, -0.2) is 0 Å². The lowest BCUT2D eigenvalue weighted by Gasteiger charge is -2.27. The molecule has 0 fully saturated rings. The molecule has 3 N–H and O–H groups in total. The van der Waals surface area contributed by atoms with Gasteiger partial charge in [-0.1, -0.05) is 13.8 Å². The van der Waals surface area contributed by atoms with E-state index in [1.807, 2.05) is 48.6 Å². The summed E-state index contributed by atoms with van der Waals surface area (Å²) in [6.07, 6.45) is 1.31. The van der Waals surface area contributed by atoms with Gasteiger partial charge < -0.3 is 20.6 Å². The quantitative estimate of drug-likeness (QED) is 0.320. The molecule has 138 valence electrons. The molecular formula is C16H35IN4O2.